The van der Waals surface area contributed by atoms with Gasteiger partial charge in [0, 0.05) is 18.1 Å². The van der Waals surface area contributed by atoms with E-state index in [2.05, 4.69) is 38.0 Å². The number of nitrogens with one attached hydrogen (secondary N) is 1. The Morgan fingerprint density at radius 3 is 2.39 bits per heavy atom. The molecule has 1 aromatic heterocycles. The Labute approximate surface area is 172 Å². The number of carbonyl (C=O) groups excluding carboxylic acids is 1. The van der Waals surface area contributed by atoms with E-state index >= 15 is 0 Å². The van der Waals surface area contributed by atoms with Crippen LogP contribution in [0.2, 0.25) is 0 Å². The summed E-state index contributed by atoms with van der Waals surface area (Å²) >= 11 is 1.30. The Balaban J connectivity index is 2.20. The van der Waals surface area contributed by atoms with Crippen molar-refractivity contribution >= 4 is 32.4 Å². The number of benzene rings is 1. The monoisotopic (exact) mass is 423 g/mol. The Bertz CT molecular complexity index is 855. The number of hydrogen-bond acceptors (Lipinski definition) is 5. The summed E-state index contributed by atoms with van der Waals surface area (Å²) in [5.74, 6) is -0.388. The number of amides is 1. The van der Waals surface area contributed by atoms with Crippen molar-refractivity contribution < 1.29 is 13.2 Å². The summed E-state index contributed by atoms with van der Waals surface area (Å²) in [6.07, 6.45) is 4.18. The van der Waals surface area contributed by atoms with Gasteiger partial charge >= 0.3 is 0 Å². The van der Waals surface area contributed by atoms with Crippen molar-refractivity contribution in [2.45, 2.75) is 57.3 Å². The summed E-state index contributed by atoms with van der Waals surface area (Å²) in [6.45, 7) is 8.37. The van der Waals surface area contributed by atoms with Crippen molar-refractivity contribution in [3.8, 4) is 0 Å². The van der Waals surface area contributed by atoms with Gasteiger partial charge < -0.3 is 5.32 Å². The standard InChI is InChI=1S/C20H29N3O3S2/c1-5-6-7-13-23(15-18(24)22-19-21-12-14-27-19)28(25,26)17-10-8-16(9-11-17)20(2,3)4/h8-12,14H,5-7,13,15H2,1-4H3,(H,21,22,24). The van der Waals surface area contributed by atoms with Crippen LogP contribution in [0, 0.1) is 0 Å². The van der Waals surface area contributed by atoms with E-state index in [1.165, 1.54) is 15.6 Å². The smallest absolute Gasteiger partial charge is 0.243 e. The molecule has 0 saturated heterocycles. The molecule has 28 heavy (non-hydrogen) atoms. The second-order valence-corrected chi connectivity index (χ2v) is 10.5. The molecule has 0 saturated carbocycles. The second kappa shape index (κ2) is 9.62. The highest BCUT2D eigenvalue weighted by molar-refractivity contribution is 7.89. The molecule has 0 bridgehead atoms. The Kier molecular flexibility index (Phi) is 7.74. The summed E-state index contributed by atoms with van der Waals surface area (Å²) in [5.41, 5.74) is 1.00. The van der Waals surface area contributed by atoms with Gasteiger partial charge in [-0.3, -0.25) is 4.79 Å². The maximum absolute atomic E-state index is 13.2. The Morgan fingerprint density at radius 2 is 1.86 bits per heavy atom. The van der Waals surface area contributed by atoms with Gasteiger partial charge in [0.2, 0.25) is 15.9 Å². The second-order valence-electron chi connectivity index (χ2n) is 7.71. The third kappa shape index (κ3) is 6.12. The largest absolute Gasteiger partial charge is 0.301 e. The molecule has 1 N–H and O–H groups in total. The van der Waals surface area contributed by atoms with Crippen LogP contribution in [0.15, 0.2) is 40.7 Å². The summed E-state index contributed by atoms with van der Waals surface area (Å²) in [7, 11) is -3.76. The quantitative estimate of drug-likeness (QED) is 0.611. The number of aromatic nitrogens is 1. The van der Waals surface area contributed by atoms with Gasteiger partial charge in [-0.15, -0.1) is 11.3 Å². The van der Waals surface area contributed by atoms with Crippen molar-refractivity contribution in [2.24, 2.45) is 0 Å². The van der Waals surface area contributed by atoms with Crippen LogP contribution < -0.4 is 5.32 Å². The lowest BCUT2D eigenvalue weighted by molar-refractivity contribution is -0.116. The van der Waals surface area contributed by atoms with Gasteiger partial charge in [0.1, 0.15) is 0 Å². The van der Waals surface area contributed by atoms with Crippen LogP contribution in [0.5, 0.6) is 0 Å². The number of sulfonamides is 1. The normalized spacial score (nSPS) is 12.3. The predicted octanol–water partition coefficient (Wildman–Crippen LogP) is 4.26. The van der Waals surface area contributed by atoms with E-state index in [0.717, 1.165) is 18.4 Å². The van der Waals surface area contributed by atoms with Crippen LogP contribution in [-0.2, 0) is 20.2 Å². The molecule has 1 amide bonds. The summed E-state index contributed by atoms with van der Waals surface area (Å²) < 4.78 is 27.6. The first-order valence-corrected chi connectivity index (χ1v) is 11.8. The SMILES string of the molecule is CCCCCN(CC(=O)Nc1nccs1)S(=O)(=O)c1ccc(C(C)(C)C)cc1. The molecule has 2 aromatic rings. The molecule has 8 heteroatoms. The fraction of sp³-hybridized carbons (Fsp3) is 0.500. The molecule has 0 aliphatic rings. The number of rotatable bonds is 9. The van der Waals surface area contributed by atoms with Gasteiger partial charge in [0.05, 0.1) is 11.4 Å². The summed E-state index contributed by atoms with van der Waals surface area (Å²) in [6, 6.07) is 6.93. The van der Waals surface area contributed by atoms with Gasteiger partial charge in [0.15, 0.2) is 5.13 Å². The maximum atomic E-state index is 13.2. The molecule has 0 aliphatic carbocycles. The zero-order valence-corrected chi connectivity index (χ0v) is 18.6. The lowest BCUT2D eigenvalue weighted by atomic mass is 9.87. The van der Waals surface area contributed by atoms with Gasteiger partial charge in [-0.25, -0.2) is 13.4 Å². The van der Waals surface area contributed by atoms with Crippen molar-refractivity contribution in [2.75, 3.05) is 18.4 Å². The van der Waals surface area contributed by atoms with E-state index in [1.54, 1.807) is 23.7 Å². The van der Waals surface area contributed by atoms with Crippen LogP contribution in [0.1, 0.15) is 52.5 Å². The van der Waals surface area contributed by atoms with E-state index in [9.17, 15) is 13.2 Å². The number of carbonyl (C=O) groups is 1. The molecular formula is C20H29N3O3S2. The van der Waals surface area contributed by atoms with Gasteiger partial charge in [-0.1, -0.05) is 52.7 Å². The average molecular weight is 424 g/mol. The maximum Gasteiger partial charge on any atom is 0.243 e. The molecule has 1 aromatic carbocycles. The number of anilines is 1. The highest BCUT2D eigenvalue weighted by atomic mass is 32.2. The van der Waals surface area contributed by atoms with Gasteiger partial charge in [0.25, 0.3) is 0 Å². The number of nitrogens with zero attached hydrogens (tertiary/aromatic N) is 2. The molecule has 0 spiro atoms. The van der Waals surface area contributed by atoms with Gasteiger partial charge in [-0.05, 0) is 29.5 Å². The molecule has 0 unspecified atom stereocenters. The van der Waals surface area contributed by atoms with E-state index in [4.69, 9.17) is 0 Å². The van der Waals surface area contributed by atoms with E-state index < -0.39 is 10.0 Å². The number of hydrogen-bond donors (Lipinski definition) is 1. The summed E-state index contributed by atoms with van der Waals surface area (Å²) in [4.78, 5) is 16.6. The molecule has 0 fully saturated rings. The minimum atomic E-state index is -3.76. The first kappa shape index (κ1) is 22.5. The zero-order valence-electron chi connectivity index (χ0n) is 16.9. The minimum absolute atomic E-state index is 0.0588. The zero-order chi connectivity index (χ0) is 20.8. The highest BCUT2D eigenvalue weighted by Gasteiger charge is 2.27. The minimum Gasteiger partial charge on any atom is -0.301 e. The first-order valence-electron chi connectivity index (χ1n) is 9.44. The lowest BCUT2D eigenvalue weighted by Gasteiger charge is -2.23. The lowest BCUT2D eigenvalue weighted by Crippen LogP contribution is -2.38. The topological polar surface area (TPSA) is 79.4 Å². The predicted molar refractivity (Wildman–Crippen MR) is 114 cm³/mol. The van der Waals surface area contributed by atoms with Crippen molar-refractivity contribution in [1.82, 2.24) is 9.29 Å². The van der Waals surface area contributed by atoms with Gasteiger partial charge in [-0.2, -0.15) is 4.31 Å². The highest BCUT2D eigenvalue weighted by Crippen LogP contribution is 2.25. The van der Waals surface area contributed by atoms with E-state index in [0.29, 0.717) is 18.1 Å². The van der Waals surface area contributed by atoms with Crippen molar-refractivity contribution in [1.29, 1.82) is 0 Å². The van der Waals surface area contributed by atoms with Crippen LogP contribution >= 0.6 is 11.3 Å². The van der Waals surface area contributed by atoms with Crippen molar-refractivity contribution in [3.05, 3.63) is 41.4 Å². The van der Waals surface area contributed by atoms with E-state index in [-0.39, 0.29) is 22.8 Å². The molecule has 6 nitrogen and oxygen atoms in total. The average Bonchev–Trinajstić information content (AvgIpc) is 3.13. The summed E-state index contributed by atoms with van der Waals surface area (Å²) in [5, 5.41) is 4.87. The van der Waals surface area contributed by atoms with Crippen LogP contribution in [0.25, 0.3) is 0 Å². The molecule has 154 valence electrons. The van der Waals surface area contributed by atoms with E-state index in [1.807, 2.05) is 12.1 Å². The molecule has 0 atom stereocenters. The first-order chi connectivity index (χ1) is 13.1. The molecule has 0 aliphatic heterocycles. The number of thiazole rings is 1. The third-order valence-electron chi connectivity index (χ3n) is 4.37. The van der Waals surface area contributed by atoms with Crippen molar-refractivity contribution in [3.63, 3.8) is 0 Å². The molecular weight excluding hydrogens is 394 g/mol. The molecule has 2 rings (SSSR count). The Hall–Kier alpha value is -1.77. The third-order valence-corrected chi connectivity index (χ3v) is 6.92. The van der Waals surface area contributed by atoms with Crippen LogP contribution in [-0.4, -0.2) is 36.7 Å². The van der Waals surface area contributed by atoms with Crippen LogP contribution in [0.3, 0.4) is 0 Å². The molecule has 0 radical (unpaired) electrons. The van der Waals surface area contributed by atoms with Crippen LogP contribution in [0.4, 0.5) is 5.13 Å². The fourth-order valence-electron chi connectivity index (χ4n) is 2.70. The Morgan fingerprint density at radius 1 is 1.18 bits per heavy atom. The number of unbranched alkanes of at least 4 members (excludes halogenated alkanes) is 2. The molecule has 1 heterocycles. The fourth-order valence-corrected chi connectivity index (χ4v) is 4.68.